The molecular weight excluding hydrogens is 460 g/mol. The maximum Gasteiger partial charge on any atom is 0.310 e. The number of rotatable bonds is 8. The Bertz CT molecular complexity index is 1040. The molecule has 2 aliphatic heterocycles. The van der Waals surface area contributed by atoms with Gasteiger partial charge in [0, 0.05) is 49.3 Å². The van der Waals surface area contributed by atoms with Crippen molar-refractivity contribution in [1.82, 2.24) is 14.9 Å². The van der Waals surface area contributed by atoms with E-state index < -0.39 is 0 Å². The summed E-state index contributed by atoms with van der Waals surface area (Å²) in [6.45, 7) is 9.69. The first kappa shape index (κ1) is 25.5. The molecule has 1 unspecified atom stereocenters. The number of carbonyl (C=O) groups is 2. The second kappa shape index (κ2) is 11.9. The Morgan fingerprint density at radius 1 is 1.11 bits per heavy atom. The minimum absolute atomic E-state index is 0.0276. The molecule has 1 atom stereocenters. The predicted molar refractivity (Wildman–Crippen MR) is 139 cm³/mol. The van der Waals surface area contributed by atoms with Crippen molar-refractivity contribution in [2.75, 3.05) is 37.7 Å². The van der Waals surface area contributed by atoms with Gasteiger partial charge >= 0.3 is 5.97 Å². The van der Waals surface area contributed by atoms with Gasteiger partial charge in [0.25, 0.3) is 5.91 Å². The van der Waals surface area contributed by atoms with Gasteiger partial charge in [-0.15, -0.1) is 0 Å². The lowest BCUT2D eigenvalue weighted by atomic mass is 9.97. The number of amides is 1. The van der Waals surface area contributed by atoms with Crippen LogP contribution in [0.5, 0.6) is 0 Å². The third-order valence-electron chi connectivity index (χ3n) is 6.60. The number of carbonyl (C=O) groups excluding carboxylic acids is 2. The third kappa shape index (κ3) is 6.54. The van der Waals surface area contributed by atoms with Gasteiger partial charge in [-0.05, 0) is 56.2 Å². The van der Waals surface area contributed by atoms with Gasteiger partial charge in [0.15, 0.2) is 5.16 Å². The van der Waals surface area contributed by atoms with E-state index in [1.807, 2.05) is 31.2 Å². The highest BCUT2D eigenvalue weighted by molar-refractivity contribution is 7.98. The van der Waals surface area contributed by atoms with Crippen molar-refractivity contribution < 1.29 is 14.3 Å². The zero-order valence-corrected chi connectivity index (χ0v) is 21.9. The number of anilines is 1. The predicted octanol–water partition coefficient (Wildman–Crippen LogP) is 4.91. The van der Waals surface area contributed by atoms with E-state index in [0.717, 1.165) is 48.2 Å². The summed E-state index contributed by atoms with van der Waals surface area (Å²) in [5, 5.41) is 0.781. The molecule has 2 aromatic rings. The largest absolute Gasteiger partial charge is 0.466 e. The number of benzene rings is 1. The van der Waals surface area contributed by atoms with Crippen molar-refractivity contribution in [2.45, 2.75) is 63.3 Å². The summed E-state index contributed by atoms with van der Waals surface area (Å²) in [5.74, 6) is 1.58. The minimum atomic E-state index is -0.235. The van der Waals surface area contributed by atoms with Crippen molar-refractivity contribution in [1.29, 1.82) is 0 Å². The Hall–Kier alpha value is -2.61. The molecule has 4 rings (SSSR count). The van der Waals surface area contributed by atoms with Gasteiger partial charge in [-0.25, -0.2) is 9.97 Å². The number of thioether (sulfide) groups is 1. The molecule has 1 amide bonds. The second-order valence-electron chi connectivity index (χ2n) is 9.61. The van der Waals surface area contributed by atoms with Gasteiger partial charge in [-0.3, -0.25) is 9.59 Å². The van der Waals surface area contributed by atoms with Gasteiger partial charge in [0.2, 0.25) is 0 Å². The highest BCUT2D eigenvalue weighted by atomic mass is 32.2. The summed E-state index contributed by atoms with van der Waals surface area (Å²) in [4.78, 5) is 39.1. The summed E-state index contributed by atoms with van der Waals surface area (Å²) >= 11 is 1.61. The quantitative estimate of drug-likeness (QED) is 0.292. The van der Waals surface area contributed by atoms with Crippen LogP contribution < -0.4 is 4.90 Å². The molecule has 1 aromatic heterocycles. The maximum atomic E-state index is 13.2. The Kier molecular flexibility index (Phi) is 8.65. The molecule has 0 bridgehead atoms. The molecule has 7 nitrogen and oxygen atoms in total. The van der Waals surface area contributed by atoms with Crippen LogP contribution in [0, 0.1) is 5.92 Å². The van der Waals surface area contributed by atoms with E-state index in [2.05, 4.69) is 24.8 Å². The normalized spacial score (nSPS) is 18.2. The van der Waals surface area contributed by atoms with Crippen LogP contribution in [0.25, 0.3) is 0 Å². The molecular formula is C27H36N4O3S. The molecule has 0 N–H and O–H groups in total. The fraction of sp³-hybridized carbons (Fsp3) is 0.556. The van der Waals surface area contributed by atoms with E-state index in [-0.39, 0.29) is 17.8 Å². The van der Waals surface area contributed by atoms with E-state index in [9.17, 15) is 9.59 Å². The van der Waals surface area contributed by atoms with E-state index in [1.165, 1.54) is 12.8 Å². The number of hydrogen-bond donors (Lipinski definition) is 0. The SMILES string of the molecule is CCOC(=O)C1CCCN(C(=O)c2cccc(CSc3nc(C(C)C)cc(N4CCCC4)n3)c2)C1. The van der Waals surface area contributed by atoms with Crippen molar-refractivity contribution in [3.63, 3.8) is 0 Å². The van der Waals surface area contributed by atoms with E-state index in [4.69, 9.17) is 14.7 Å². The Labute approximate surface area is 212 Å². The monoisotopic (exact) mass is 496 g/mol. The van der Waals surface area contributed by atoms with Crippen molar-refractivity contribution in [2.24, 2.45) is 5.92 Å². The van der Waals surface area contributed by atoms with Crippen LogP contribution in [0.3, 0.4) is 0 Å². The summed E-state index contributed by atoms with van der Waals surface area (Å²) in [7, 11) is 0. The van der Waals surface area contributed by atoms with Crippen molar-refractivity contribution in [3.05, 3.63) is 47.2 Å². The molecule has 8 heteroatoms. The van der Waals surface area contributed by atoms with Gasteiger partial charge in [-0.1, -0.05) is 37.7 Å². The highest BCUT2D eigenvalue weighted by Crippen LogP contribution is 2.28. The number of piperidine rings is 1. The second-order valence-corrected chi connectivity index (χ2v) is 10.6. The summed E-state index contributed by atoms with van der Waals surface area (Å²) in [5.41, 5.74) is 2.78. The van der Waals surface area contributed by atoms with Gasteiger partial charge in [0.1, 0.15) is 5.82 Å². The molecule has 0 aliphatic carbocycles. The van der Waals surface area contributed by atoms with Crippen LogP contribution in [0.4, 0.5) is 5.82 Å². The Morgan fingerprint density at radius 3 is 2.66 bits per heavy atom. The highest BCUT2D eigenvalue weighted by Gasteiger charge is 2.30. The van der Waals surface area contributed by atoms with E-state index >= 15 is 0 Å². The van der Waals surface area contributed by atoms with Crippen LogP contribution in [-0.4, -0.2) is 59.5 Å². The molecule has 2 aliphatic rings. The smallest absolute Gasteiger partial charge is 0.310 e. The topological polar surface area (TPSA) is 75.6 Å². The molecule has 188 valence electrons. The molecule has 0 spiro atoms. The van der Waals surface area contributed by atoms with Crippen LogP contribution in [0.1, 0.15) is 74.0 Å². The molecule has 2 saturated heterocycles. The maximum absolute atomic E-state index is 13.2. The zero-order valence-electron chi connectivity index (χ0n) is 21.0. The molecule has 35 heavy (non-hydrogen) atoms. The Balaban J connectivity index is 1.43. The number of aromatic nitrogens is 2. The fourth-order valence-electron chi connectivity index (χ4n) is 4.64. The Morgan fingerprint density at radius 2 is 1.91 bits per heavy atom. The number of ether oxygens (including phenoxy) is 1. The lowest BCUT2D eigenvalue weighted by Crippen LogP contribution is -2.42. The van der Waals surface area contributed by atoms with Crippen LogP contribution in [-0.2, 0) is 15.3 Å². The number of hydrogen-bond acceptors (Lipinski definition) is 7. The van der Waals surface area contributed by atoms with Crippen LogP contribution in [0.15, 0.2) is 35.5 Å². The molecule has 0 saturated carbocycles. The van der Waals surface area contributed by atoms with Gasteiger partial charge < -0.3 is 14.5 Å². The van der Waals surface area contributed by atoms with Gasteiger partial charge in [0.05, 0.1) is 12.5 Å². The van der Waals surface area contributed by atoms with Gasteiger partial charge in [-0.2, -0.15) is 0 Å². The molecule has 1 aromatic carbocycles. The average molecular weight is 497 g/mol. The first-order chi connectivity index (χ1) is 16.9. The number of nitrogens with zero attached hydrogens (tertiary/aromatic N) is 4. The summed E-state index contributed by atoms with van der Waals surface area (Å²) in [6.07, 6.45) is 4.01. The first-order valence-electron chi connectivity index (χ1n) is 12.8. The molecule has 0 radical (unpaired) electrons. The molecule has 3 heterocycles. The third-order valence-corrected chi connectivity index (χ3v) is 7.52. The summed E-state index contributed by atoms with van der Waals surface area (Å²) in [6, 6.07) is 9.90. The lowest BCUT2D eigenvalue weighted by Gasteiger charge is -2.31. The van der Waals surface area contributed by atoms with E-state index in [1.54, 1.807) is 16.7 Å². The average Bonchev–Trinajstić information content (AvgIpc) is 3.42. The fourth-order valence-corrected chi connectivity index (χ4v) is 5.44. The van der Waals surface area contributed by atoms with Crippen molar-refractivity contribution >= 4 is 29.5 Å². The standard InChI is InChI=1S/C27H36N4O3S/c1-4-34-26(33)22-11-8-14-31(17-22)25(32)21-10-7-9-20(15-21)18-35-27-28-23(19(2)3)16-24(29-27)30-12-5-6-13-30/h7,9-10,15-16,19,22H,4-6,8,11-14,17-18H2,1-3H3. The first-order valence-corrected chi connectivity index (χ1v) is 13.7. The lowest BCUT2D eigenvalue weighted by molar-refractivity contribution is -0.149. The van der Waals surface area contributed by atoms with Crippen LogP contribution in [0.2, 0.25) is 0 Å². The number of likely N-dealkylation sites (tertiary alicyclic amines) is 1. The zero-order chi connectivity index (χ0) is 24.8. The van der Waals surface area contributed by atoms with Crippen LogP contribution >= 0.6 is 11.8 Å². The van der Waals surface area contributed by atoms with Crippen molar-refractivity contribution in [3.8, 4) is 0 Å². The van der Waals surface area contributed by atoms with E-state index in [0.29, 0.717) is 36.9 Å². The molecule has 2 fully saturated rings. The minimum Gasteiger partial charge on any atom is -0.466 e. The number of esters is 1. The summed E-state index contributed by atoms with van der Waals surface area (Å²) < 4.78 is 5.18.